The third-order valence-corrected chi connectivity index (χ3v) is 1.46. The van der Waals surface area contributed by atoms with Crippen molar-refractivity contribution in [2.24, 2.45) is 5.73 Å². The Morgan fingerprint density at radius 1 is 1.33 bits per heavy atom. The maximum absolute atomic E-state index is 12.4. The van der Waals surface area contributed by atoms with Gasteiger partial charge in [-0.05, 0) is 24.6 Å². The molecule has 0 radical (unpaired) electrons. The van der Waals surface area contributed by atoms with Crippen molar-refractivity contribution in [1.29, 1.82) is 0 Å². The molecule has 0 aliphatic heterocycles. The maximum atomic E-state index is 12.4. The molecule has 12 heavy (non-hydrogen) atoms. The number of nitrogens with two attached hydrogens (primary N) is 1. The van der Waals surface area contributed by atoms with E-state index in [9.17, 15) is 4.39 Å². The molecule has 1 nitrogen and oxygen atoms in total. The van der Waals surface area contributed by atoms with Gasteiger partial charge in [-0.25, -0.2) is 4.39 Å². The minimum atomic E-state index is -0.215. The van der Waals surface area contributed by atoms with Crippen LogP contribution in [-0.4, -0.2) is 6.04 Å². The van der Waals surface area contributed by atoms with E-state index in [2.05, 4.69) is 0 Å². The Hall–Kier alpha value is -1.15. The van der Waals surface area contributed by atoms with Crippen LogP contribution in [0.2, 0.25) is 0 Å². The van der Waals surface area contributed by atoms with Gasteiger partial charge in [0.15, 0.2) is 0 Å². The van der Waals surface area contributed by atoms with Crippen molar-refractivity contribution < 1.29 is 4.39 Å². The summed E-state index contributed by atoms with van der Waals surface area (Å²) < 4.78 is 12.4. The number of halogens is 1. The average molecular weight is 165 g/mol. The lowest BCUT2D eigenvalue weighted by Gasteiger charge is -1.95. The smallest absolute Gasteiger partial charge is 0.123 e. The monoisotopic (exact) mass is 165 g/mol. The highest BCUT2D eigenvalue weighted by molar-refractivity contribution is 5.49. The second-order valence-corrected chi connectivity index (χ2v) is 2.77. The molecule has 1 atom stereocenters. The Balaban J connectivity index is 2.71. The minimum absolute atomic E-state index is 0.0371. The topological polar surface area (TPSA) is 26.0 Å². The fourth-order valence-electron chi connectivity index (χ4n) is 0.837. The number of rotatable bonds is 2. The Labute approximate surface area is 71.7 Å². The molecule has 0 saturated carbocycles. The van der Waals surface area contributed by atoms with Gasteiger partial charge in [-0.2, -0.15) is 0 Å². The summed E-state index contributed by atoms with van der Waals surface area (Å²) in [6.45, 7) is 1.89. The SMILES string of the molecule is CC(N)/C=C/c1ccc(F)cc1. The molecule has 0 saturated heterocycles. The van der Waals surface area contributed by atoms with E-state index in [1.807, 2.05) is 19.1 Å². The van der Waals surface area contributed by atoms with E-state index in [4.69, 9.17) is 5.73 Å². The van der Waals surface area contributed by atoms with E-state index in [-0.39, 0.29) is 11.9 Å². The average Bonchev–Trinajstić information content (AvgIpc) is 2.03. The van der Waals surface area contributed by atoms with Crippen molar-refractivity contribution in [2.75, 3.05) is 0 Å². The molecule has 0 spiro atoms. The summed E-state index contributed by atoms with van der Waals surface area (Å²) in [4.78, 5) is 0. The summed E-state index contributed by atoms with van der Waals surface area (Å²) in [6, 6.07) is 6.33. The van der Waals surface area contributed by atoms with E-state index in [0.717, 1.165) is 5.56 Å². The zero-order valence-electron chi connectivity index (χ0n) is 7.00. The van der Waals surface area contributed by atoms with Crippen molar-refractivity contribution in [3.8, 4) is 0 Å². The molecule has 0 aliphatic carbocycles. The van der Waals surface area contributed by atoms with E-state index < -0.39 is 0 Å². The van der Waals surface area contributed by atoms with Crippen LogP contribution in [0.4, 0.5) is 4.39 Å². The Morgan fingerprint density at radius 2 is 1.92 bits per heavy atom. The van der Waals surface area contributed by atoms with Gasteiger partial charge >= 0.3 is 0 Å². The van der Waals surface area contributed by atoms with Gasteiger partial charge < -0.3 is 5.73 Å². The van der Waals surface area contributed by atoms with E-state index in [0.29, 0.717) is 0 Å². The lowest BCUT2D eigenvalue weighted by atomic mass is 10.2. The predicted molar refractivity (Wildman–Crippen MR) is 49.1 cm³/mol. The van der Waals surface area contributed by atoms with Gasteiger partial charge in [0.2, 0.25) is 0 Å². The molecule has 0 amide bonds. The number of hydrogen-bond acceptors (Lipinski definition) is 1. The van der Waals surface area contributed by atoms with Gasteiger partial charge in [-0.3, -0.25) is 0 Å². The van der Waals surface area contributed by atoms with Crippen LogP contribution in [-0.2, 0) is 0 Å². The molecule has 1 aromatic rings. The normalized spacial score (nSPS) is 13.6. The molecule has 1 aromatic carbocycles. The van der Waals surface area contributed by atoms with Crippen molar-refractivity contribution in [1.82, 2.24) is 0 Å². The summed E-state index contributed by atoms with van der Waals surface area (Å²) in [6.07, 6.45) is 3.75. The highest BCUT2D eigenvalue weighted by Crippen LogP contribution is 2.04. The quantitative estimate of drug-likeness (QED) is 0.714. The maximum Gasteiger partial charge on any atom is 0.123 e. The fraction of sp³-hybridized carbons (Fsp3) is 0.200. The van der Waals surface area contributed by atoms with Crippen LogP contribution in [0.5, 0.6) is 0 Å². The minimum Gasteiger partial charge on any atom is -0.325 e. The van der Waals surface area contributed by atoms with Gasteiger partial charge in [0.05, 0.1) is 0 Å². The van der Waals surface area contributed by atoms with Crippen molar-refractivity contribution >= 4 is 6.08 Å². The largest absolute Gasteiger partial charge is 0.325 e. The third-order valence-electron chi connectivity index (χ3n) is 1.46. The van der Waals surface area contributed by atoms with Crippen LogP contribution in [0, 0.1) is 5.82 Å². The molecule has 0 heterocycles. The van der Waals surface area contributed by atoms with Crippen LogP contribution in [0.15, 0.2) is 30.3 Å². The first kappa shape index (κ1) is 8.94. The molecule has 0 aliphatic rings. The number of benzene rings is 1. The lowest BCUT2D eigenvalue weighted by Crippen LogP contribution is -2.09. The highest BCUT2D eigenvalue weighted by Gasteiger charge is 1.89. The summed E-state index contributed by atoms with van der Waals surface area (Å²) in [5.41, 5.74) is 6.48. The first-order chi connectivity index (χ1) is 5.68. The molecule has 0 fully saturated rings. The highest BCUT2D eigenvalue weighted by atomic mass is 19.1. The van der Waals surface area contributed by atoms with Crippen LogP contribution >= 0.6 is 0 Å². The zero-order valence-corrected chi connectivity index (χ0v) is 7.00. The third kappa shape index (κ3) is 2.84. The van der Waals surface area contributed by atoms with E-state index in [1.54, 1.807) is 12.1 Å². The molecule has 64 valence electrons. The summed E-state index contributed by atoms with van der Waals surface area (Å²) >= 11 is 0. The molecule has 0 bridgehead atoms. The van der Waals surface area contributed by atoms with Gasteiger partial charge in [0.1, 0.15) is 5.82 Å². The van der Waals surface area contributed by atoms with Gasteiger partial charge in [-0.15, -0.1) is 0 Å². The molecule has 0 aromatic heterocycles. The molecule has 2 N–H and O–H groups in total. The molecular formula is C10H12FN. The van der Waals surface area contributed by atoms with Crippen LogP contribution in [0.1, 0.15) is 12.5 Å². The fourth-order valence-corrected chi connectivity index (χ4v) is 0.837. The van der Waals surface area contributed by atoms with E-state index >= 15 is 0 Å². The molecule has 1 unspecified atom stereocenters. The van der Waals surface area contributed by atoms with Crippen molar-refractivity contribution in [2.45, 2.75) is 13.0 Å². The van der Waals surface area contributed by atoms with Crippen molar-refractivity contribution in [3.63, 3.8) is 0 Å². The predicted octanol–water partition coefficient (Wildman–Crippen LogP) is 2.19. The standard InChI is InChI=1S/C10H12FN/c1-8(12)2-3-9-4-6-10(11)7-5-9/h2-8H,12H2,1H3/b3-2+. The number of hydrogen-bond donors (Lipinski definition) is 1. The van der Waals surface area contributed by atoms with Crippen LogP contribution < -0.4 is 5.73 Å². The first-order valence-corrected chi connectivity index (χ1v) is 3.88. The van der Waals surface area contributed by atoms with Crippen molar-refractivity contribution in [3.05, 3.63) is 41.7 Å². The molecule has 1 rings (SSSR count). The van der Waals surface area contributed by atoms with E-state index in [1.165, 1.54) is 12.1 Å². The second kappa shape index (κ2) is 4.02. The summed E-state index contributed by atoms with van der Waals surface area (Å²) in [7, 11) is 0. The van der Waals surface area contributed by atoms with Crippen LogP contribution in [0.3, 0.4) is 0 Å². The first-order valence-electron chi connectivity index (χ1n) is 3.88. The summed E-state index contributed by atoms with van der Waals surface area (Å²) in [5, 5.41) is 0. The lowest BCUT2D eigenvalue weighted by molar-refractivity contribution is 0.628. The zero-order chi connectivity index (χ0) is 8.97. The summed E-state index contributed by atoms with van der Waals surface area (Å²) in [5.74, 6) is -0.215. The second-order valence-electron chi connectivity index (χ2n) is 2.77. The van der Waals surface area contributed by atoms with Gasteiger partial charge in [-0.1, -0.05) is 24.3 Å². The molecule has 2 heteroatoms. The van der Waals surface area contributed by atoms with Crippen LogP contribution in [0.25, 0.3) is 6.08 Å². The Bertz CT molecular complexity index is 262. The van der Waals surface area contributed by atoms with Gasteiger partial charge in [0, 0.05) is 6.04 Å². The van der Waals surface area contributed by atoms with Gasteiger partial charge in [0.25, 0.3) is 0 Å². The molecular weight excluding hydrogens is 153 g/mol. The Kier molecular flexibility index (Phi) is 3.00. The Morgan fingerprint density at radius 3 is 2.42 bits per heavy atom.